The number of rotatable bonds is 4. The van der Waals surface area contributed by atoms with Gasteiger partial charge in [0.25, 0.3) is 0 Å². The molecule has 0 atom stereocenters. The number of carbonyl (C=O) groups excluding carboxylic acids is 1. The summed E-state index contributed by atoms with van der Waals surface area (Å²) in [6.45, 7) is 5.11. The molecule has 0 fully saturated rings. The number of nitrogens with zero attached hydrogens (tertiary/aromatic N) is 3. The third-order valence-corrected chi connectivity index (χ3v) is 4.32. The topological polar surface area (TPSA) is 90.6 Å². The first kappa shape index (κ1) is 19.4. The summed E-state index contributed by atoms with van der Waals surface area (Å²) < 4.78 is 10.2. The number of ether oxygens (including phenoxy) is 2. The zero-order valence-corrected chi connectivity index (χ0v) is 16.6. The van der Waals surface area contributed by atoms with E-state index in [0.29, 0.717) is 22.4 Å². The molecule has 9 heteroatoms. The molecule has 0 saturated heterocycles. The number of hydrogen-bond donors (Lipinski definition) is 2. The lowest BCUT2D eigenvalue weighted by Crippen LogP contribution is -2.25. The van der Waals surface area contributed by atoms with E-state index in [4.69, 9.17) is 26.8 Å². The number of hydrogen-bond acceptors (Lipinski definition) is 7. The Bertz CT molecular complexity index is 852. The number of aromatic nitrogens is 2. The van der Waals surface area contributed by atoms with E-state index >= 15 is 0 Å². The van der Waals surface area contributed by atoms with Crippen LogP contribution in [0.3, 0.4) is 0 Å². The first-order chi connectivity index (χ1) is 11.5. The van der Waals surface area contributed by atoms with Crippen molar-refractivity contribution in [3.05, 3.63) is 10.8 Å². The highest BCUT2D eigenvalue weighted by Gasteiger charge is 2.29. The number of methoxy groups -OCH3 is 2. The Hall–Kier alpha value is -1.93. The molecule has 2 aromatic rings. The summed E-state index contributed by atoms with van der Waals surface area (Å²) in [5, 5.41) is 0.643. The molecule has 1 amide bonds. The van der Waals surface area contributed by atoms with Crippen molar-refractivity contribution < 1.29 is 14.3 Å². The van der Waals surface area contributed by atoms with Crippen LogP contribution in [-0.2, 0) is 9.54 Å². The highest BCUT2D eigenvalue weighted by molar-refractivity contribution is 7.81. The molecule has 0 radical (unpaired) electrons. The second-order valence-corrected chi connectivity index (χ2v) is 7.52. The third-order valence-electron chi connectivity index (χ3n) is 3.77. The molecule has 2 N–H and O–H groups in total. The molecular formula is C16H21ClN4O3S. The number of anilines is 2. The maximum Gasteiger partial charge on any atom is 0.223 e. The molecule has 0 saturated carbocycles. The molecular weight excluding hydrogens is 364 g/mol. The fourth-order valence-corrected chi connectivity index (χ4v) is 2.82. The lowest BCUT2D eigenvalue weighted by molar-refractivity contribution is -0.116. The molecule has 0 bridgehead atoms. The minimum absolute atomic E-state index is 0.174. The van der Waals surface area contributed by atoms with Crippen LogP contribution in [0.15, 0.2) is 0 Å². The lowest BCUT2D eigenvalue weighted by Gasteiger charge is -2.25. The van der Waals surface area contributed by atoms with E-state index in [1.807, 2.05) is 13.8 Å². The number of benzene rings is 1. The van der Waals surface area contributed by atoms with Gasteiger partial charge in [-0.15, -0.1) is 0 Å². The molecule has 7 nitrogen and oxygen atoms in total. The van der Waals surface area contributed by atoms with Gasteiger partial charge in [0.05, 0.1) is 24.4 Å². The minimum Gasteiger partial charge on any atom is -0.491 e. The number of nitrogen functional groups attached to an aromatic ring is 1. The number of nitrogens with two attached hydrogens (primary N) is 1. The molecule has 0 spiro atoms. The number of fused-ring (bicyclic) bond motifs is 1. The maximum atomic E-state index is 12.0. The van der Waals surface area contributed by atoms with Crippen LogP contribution in [0.4, 0.5) is 11.5 Å². The Morgan fingerprint density at radius 3 is 2.24 bits per heavy atom. The predicted octanol–water partition coefficient (Wildman–Crippen LogP) is 3.03. The van der Waals surface area contributed by atoms with Gasteiger partial charge in [0.2, 0.25) is 5.91 Å². The van der Waals surface area contributed by atoms with Crippen LogP contribution < -0.4 is 20.1 Å². The first-order valence-corrected chi connectivity index (χ1v) is 8.24. The monoisotopic (exact) mass is 384 g/mol. The molecule has 1 heterocycles. The molecule has 0 aliphatic carbocycles. The molecule has 0 aliphatic heterocycles. The summed E-state index contributed by atoms with van der Waals surface area (Å²) in [5.41, 5.74) is 6.96. The zero-order chi connectivity index (χ0) is 19.1. The number of thiol groups is 1. The maximum absolute atomic E-state index is 12.0. The first-order valence-electron chi connectivity index (χ1n) is 7.42. The summed E-state index contributed by atoms with van der Waals surface area (Å²) >= 11 is 11.0. The van der Waals surface area contributed by atoms with Crippen LogP contribution in [0.5, 0.6) is 11.5 Å². The van der Waals surface area contributed by atoms with Crippen LogP contribution >= 0.6 is 24.2 Å². The van der Waals surface area contributed by atoms with E-state index < -0.39 is 4.75 Å². The van der Waals surface area contributed by atoms with Crippen molar-refractivity contribution >= 4 is 52.5 Å². The Labute approximate surface area is 156 Å². The Balaban J connectivity index is 3.07. The van der Waals surface area contributed by atoms with E-state index in [9.17, 15) is 4.79 Å². The van der Waals surface area contributed by atoms with Crippen LogP contribution in [0, 0.1) is 0 Å². The highest BCUT2D eigenvalue weighted by atomic mass is 35.5. The van der Waals surface area contributed by atoms with E-state index in [2.05, 4.69) is 22.6 Å². The predicted molar refractivity (Wildman–Crippen MR) is 103 cm³/mol. The number of halogens is 1. The van der Waals surface area contributed by atoms with Crippen LogP contribution in [0.25, 0.3) is 10.9 Å². The lowest BCUT2D eigenvalue weighted by atomic mass is 10.1. The van der Waals surface area contributed by atoms with Gasteiger partial charge < -0.3 is 20.1 Å². The van der Waals surface area contributed by atoms with Crippen molar-refractivity contribution in [2.75, 3.05) is 31.9 Å². The van der Waals surface area contributed by atoms with Gasteiger partial charge in [0, 0.05) is 14.0 Å². The largest absolute Gasteiger partial charge is 0.491 e. The summed E-state index contributed by atoms with van der Waals surface area (Å²) in [5.74, 6) is 0.910. The second kappa shape index (κ2) is 6.76. The van der Waals surface area contributed by atoms with Gasteiger partial charge in [0.15, 0.2) is 11.5 Å². The SMILES string of the molecule is COc1c(OC)c(N(C)C(C)=O)c2c(N)nc(C(C)(C)S)nc2c1Cl. The van der Waals surface area contributed by atoms with Crippen molar-refractivity contribution in [1.29, 1.82) is 0 Å². The molecule has 136 valence electrons. The van der Waals surface area contributed by atoms with Crippen LogP contribution in [-0.4, -0.2) is 37.1 Å². The fraction of sp³-hybridized carbons (Fsp3) is 0.438. The van der Waals surface area contributed by atoms with E-state index in [1.54, 1.807) is 7.05 Å². The van der Waals surface area contributed by atoms with Crippen molar-refractivity contribution in [2.24, 2.45) is 0 Å². The average molecular weight is 385 g/mol. The Morgan fingerprint density at radius 1 is 1.24 bits per heavy atom. The zero-order valence-electron chi connectivity index (χ0n) is 15.0. The van der Waals surface area contributed by atoms with Crippen molar-refractivity contribution in [3.8, 4) is 11.5 Å². The third kappa shape index (κ3) is 3.28. The molecule has 1 aromatic heterocycles. The van der Waals surface area contributed by atoms with Crippen LogP contribution in [0.1, 0.15) is 26.6 Å². The number of carbonyl (C=O) groups is 1. The van der Waals surface area contributed by atoms with Gasteiger partial charge in [-0.1, -0.05) is 11.6 Å². The van der Waals surface area contributed by atoms with Gasteiger partial charge in [-0.25, -0.2) is 9.97 Å². The molecule has 1 aromatic carbocycles. The van der Waals surface area contributed by atoms with Gasteiger partial charge in [0.1, 0.15) is 27.9 Å². The van der Waals surface area contributed by atoms with E-state index in [-0.39, 0.29) is 28.2 Å². The van der Waals surface area contributed by atoms with Gasteiger partial charge in [-0.3, -0.25) is 4.79 Å². The fourth-order valence-electron chi connectivity index (χ4n) is 2.42. The Kier molecular flexibility index (Phi) is 5.24. The molecule has 0 unspecified atom stereocenters. The van der Waals surface area contributed by atoms with Crippen molar-refractivity contribution in [3.63, 3.8) is 0 Å². The number of amides is 1. The molecule has 2 rings (SSSR count). The molecule has 0 aliphatic rings. The standard InChI is InChI=1S/C16H21ClN4O3S/c1-7(22)21(4)11-8-10(9(17)12(23-5)13(11)24-6)19-15(16(2,3)25)20-14(8)18/h25H,1-6H3,(H2,18,19,20). The highest BCUT2D eigenvalue weighted by Crippen LogP contribution is 2.50. The van der Waals surface area contributed by atoms with Crippen molar-refractivity contribution in [1.82, 2.24) is 9.97 Å². The van der Waals surface area contributed by atoms with Gasteiger partial charge in [-0.05, 0) is 13.8 Å². The quantitative estimate of drug-likeness (QED) is 0.787. The average Bonchev–Trinajstić information content (AvgIpc) is 2.53. The summed E-state index contributed by atoms with van der Waals surface area (Å²) in [7, 11) is 4.52. The van der Waals surface area contributed by atoms with Gasteiger partial charge >= 0.3 is 0 Å². The second-order valence-electron chi connectivity index (χ2n) is 6.02. The van der Waals surface area contributed by atoms with E-state index in [0.717, 1.165) is 0 Å². The van der Waals surface area contributed by atoms with Crippen LogP contribution in [0.2, 0.25) is 5.02 Å². The van der Waals surface area contributed by atoms with E-state index in [1.165, 1.54) is 26.0 Å². The smallest absolute Gasteiger partial charge is 0.223 e. The normalized spacial score (nSPS) is 11.5. The summed E-state index contributed by atoms with van der Waals surface area (Å²) in [6, 6.07) is 0. The summed E-state index contributed by atoms with van der Waals surface area (Å²) in [6.07, 6.45) is 0. The Morgan fingerprint density at radius 2 is 1.80 bits per heavy atom. The summed E-state index contributed by atoms with van der Waals surface area (Å²) in [4.78, 5) is 22.2. The molecule has 25 heavy (non-hydrogen) atoms. The minimum atomic E-state index is -0.633. The van der Waals surface area contributed by atoms with Gasteiger partial charge in [-0.2, -0.15) is 12.6 Å². The van der Waals surface area contributed by atoms with Crippen molar-refractivity contribution in [2.45, 2.75) is 25.5 Å².